The molecule has 1 aliphatic heterocycles. The van der Waals surface area contributed by atoms with Crippen molar-refractivity contribution in [2.24, 2.45) is 7.05 Å². The number of carbonyl (C=O) groups is 1. The molecule has 2 aromatic heterocycles. The molecule has 0 spiro atoms. The highest BCUT2D eigenvalue weighted by molar-refractivity contribution is 5.90. The molecule has 1 saturated heterocycles. The second-order valence-corrected chi connectivity index (χ2v) is 8.82. The largest absolute Gasteiger partial charge is 0.371 e. The predicted octanol–water partition coefficient (Wildman–Crippen LogP) is 4.28. The van der Waals surface area contributed by atoms with Gasteiger partial charge in [0, 0.05) is 51.2 Å². The lowest BCUT2D eigenvalue weighted by Gasteiger charge is -2.28. The number of carbonyl (C=O) groups excluding carboxylic acids is 1. The van der Waals surface area contributed by atoms with Gasteiger partial charge in [-0.05, 0) is 19.1 Å². The van der Waals surface area contributed by atoms with E-state index in [9.17, 15) is 22.8 Å². The van der Waals surface area contributed by atoms with Crippen molar-refractivity contribution in [1.82, 2.24) is 14.5 Å². The Bertz CT molecular complexity index is 1340. The van der Waals surface area contributed by atoms with E-state index in [4.69, 9.17) is 4.74 Å². The summed E-state index contributed by atoms with van der Waals surface area (Å²) in [6.07, 6.45) is -0.961. The number of likely N-dealkylation sites (tertiary alicyclic amines) is 1. The molecule has 3 aromatic rings. The van der Waals surface area contributed by atoms with Gasteiger partial charge in [0.05, 0.1) is 29.2 Å². The van der Waals surface area contributed by atoms with E-state index < -0.39 is 29.4 Å². The normalized spacial score (nSPS) is 18.9. The van der Waals surface area contributed by atoms with E-state index in [0.29, 0.717) is 35.2 Å². The number of nitrogens with zero attached hydrogens (tertiary/aromatic N) is 3. The zero-order valence-electron chi connectivity index (χ0n) is 19.9. The SMILES string of the molecule is COC1(c2cc3c(N[C@H](C)c4cccc(C(F)F)c4F)nccc3n(C)c2=O)CCN(C(C)=O)C1. The van der Waals surface area contributed by atoms with E-state index in [1.54, 1.807) is 31.0 Å². The number of methoxy groups -OCH3 is 1. The molecular formula is C25H27F3N4O3. The fourth-order valence-corrected chi connectivity index (χ4v) is 4.74. The van der Waals surface area contributed by atoms with Crippen molar-refractivity contribution >= 4 is 22.6 Å². The molecule has 1 aromatic carbocycles. The average molecular weight is 489 g/mol. The molecule has 2 atom stereocenters. The Hall–Kier alpha value is -3.40. The smallest absolute Gasteiger partial charge is 0.266 e. The highest BCUT2D eigenvalue weighted by Crippen LogP contribution is 2.36. The van der Waals surface area contributed by atoms with Crippen molar-refractivity contribution in [3.63, 3.8) is 0 Å². The van der Waals surface area contributed by atoms with Gasteiger partial charge in [0.1, 0.15) is 17.2 Å². The molecule has 3 heterocycles. The third-order valence-electron chi connectivity index (χ3n) is 6.82. The summed E-state index contributed by atoms with van der Waals surface area (Å²) >= 11 is 0. The number of hydrogen-bond acceptors (Lipinski definition) is 5. The van der Waals surface area contributed by atoms with Crippen LogP contribution in [-0.2, 0) is 22.2 Å². The number of rotatable bonds is 6. The van der Waals surface area contributed by atoms with Gasteiger partial charge in [0.2, 0.25) is 5.91 Å². The molecule has 0 saturated carbocycles. The zero-order chi connectivity index (χ0) is 25.5. The van der Waals surface area contributed by atoms with Crippen LogP contribution in [0.1, 0.15) is 49.4 Å². The summed E-state index contributed by atoms with van der Waals surface area (Å²) < 4.78 is 48.4. The van der Waals surface area contributed by atoms with Crippen molar-refractivity contribution in [3.8, 4) is 0 Å². The molecule has 1 unspecified atom stereocenters. The molecule has 35 heavy (non-hydrogen) atoms. The first-order chi connectivity index (χ1) is 16.6. The summed E-state index contributed by atoms with van der Waals surface area (Å²) in [5.74, 6) is -0.710. The van der Waals surface area contributed by atoms with Crippen LogP contribution in [0.25, 0.3) is 10.9 Å². The van der Waals surface area contributed by atoms with Crippen molar-refractivity contribution < 1.29 is 22.7 Å². The van der Waals surface area contributed by atoms with Crippen LogP contribution >= 0.6 is 0 Å². The maximum atomic E-state index is 14.7. The Morgan fingerprint density at radius 2 is 1.97 bits per heavy atom. The average Bonchev–Trinajstić information content (AvgIpc) is 3.27. The van der Waals surface area contributed by atoms with Crippen molar-refractivity contribution in [2.75, 3.05) is 25.5 Å². The Kier molecular flexibility index (Phi) is 6.59. The van der Waals surface area contributed by atoms with Crippen molar-refractivity contribution in [1.29, 1.82) is 0 Å². The number of alkyl halides is 2. The van der Waals surface area contributed by atoms with Gasteiger partial charge in [-0.1, -0.05) is 18.2 Å². The van der Waals surface area contributed by atoms with Gasteiger partial charge in [-0.25, -0.2) is 18.2 Å². The highest BCUT2D eigenvalue weighted by Gasteiger charge is 2.43. The molecule has 1 amide bonds. The first-order valence-electron chi connectivity index (χ1n) is 11.2. The molecular weight excluding hydrogens is 461 g/mol. The van der Waals surface area contributed by atoms with Crippen LogP contribution in [0.3, 0.4) is 0 Å². The first-order valence-corrected chi connectivity index (χ1v) is 11.2. The Labute approximate surface area is 200 Å². The topological polar surface area (TPSA) is 76.5 Å². The number of aromatic nitrogens is 2. The van der Waals surface area contributed by atoms with E-state index in [0.717, 1.165) is 6.07 Å². The lowest BCUT2D eigenvalue weighted by Crippen LogP contribution is -2.40. The Morgan fingerprint density at radius 1 is 1.26 bits per heavy atom. The standard InChI is InChI=1S/C25H27F3N4O3/c1-14(16-6-5-7-17(21(16)26)22(27)28)30-23-18-12-19(24(34)31(3)20(18)8-10-29-23)25(35-4)9-11-32(13-25)15(2)33/h5-8,10,12,14,22H,9,11,13H2,1-4H3,(H,29,30)/t14-,25?/m1/s1. The number of ether oxygens (including phenoxy) is 1. The van der Waals surface area contributed by atoms with E-state index in [1.807, 2.05) is 0 Å². The highest BCUT2D eigenvalue weighted by atomic mass is 19.3. The molecule has 1 N–H and O–H groups in total. The van der Waals surface area contributed by atoms with Gasteiger partial charge in [0.15, 0.2) is 0 Å². The van der Waals surface area contributed by atoms with E-state index in [1.165, 1.54) is 36.9 Å². The molecule has 0 aliphatic carbocycles. The summed E-state index contributed by atoms with van der Waals surface area (Å²) in [5.41, 5.74) is -0.861. The summed E-state index contributed by atoms with van der Waals surface area (Å²) in [4.78, 5) is 31.3. The first kappa shape index (κ1) is 24.7. The number of amides is 1. The number of fused-ring (bicyclic) bond motifs is 1. The summed E-state index contributed by atoms with van der Waals surface area (Å²) in [6, 6.07) is 6.58. The van der Waals surface area contributed by atoms with Crippen LogP contribution in [0.15, 0.2) is 41.3 Å². The summed E-state index contributed by atoms with van der Waals surface area (Å²) in [7, 11) is 3.14. The second kappa shape index (κ2) is 9.33. The molecule has 10 heteroatoms. The van der Waals surface area contributed by atoms with Crippen LogP contribution in [0.4, 0.5) is 19.0 Å². The minimum Gasteiger partial charge on any atom is -0.371 e. The summed E-state index contributed by atoms with van der Waals surface area (Å²) in [5, 5.41) is 3.70. The fourth-order valence-electron chi connectivity index (χ4n) is 4.74. The lowest BCUT2D eigenvalue weighted by molar-refractivity contribution is -0.129. The maximum Gasteiger partial charge on any atom is 0.266 e. The molecule has 4 rings (SSSR count). The lowest BCUT2D eigenvalue weighted by atomic mass is 9.92. The number of anilines is 1. The van der Waals surface area contributed by atoms with Crippen LogP contribution in [-0.4, -0.2) is 40.6 Å². The minimum atomic E-state index is -2.93. The third kappa shape index (κ3) is 4.27. The van der Waals surface area contributed by atoms with Gasteiger partial charge in [-0.2, -0.15) is 0 Å². The van der Waals surface area contributed by atoms with Crippen molar-refractivity contribution in [3.05, 3.63) is 69.4 Å². The Balaban J connectivity index is 1.80. The van der Waals surface area contributed by atoms with Gasteiger partial charge in [0.25, 0.3) is 12.0 Å². The predicted molar refractivity (Wildman–Crippen MR) is 126 cm³/mol. The summed E-state index contributed by atoms with van der Waals surface area (Å²) in [6.45, 7) is 3.82. The zero-order valence-corrected chi connectivity index (χ0v) is 19.9. The quantitative estimate of drug-likeness (QED) is 0.561. The van der Waals surface area contributed by atoms with Gasteiger partial charge in [-0.3, -0.25) is 9.59 Å². The molecule has 7 nitrogen and oxygen atoms in total. The van der Waals surface area contributed by atoms with E-state index >= 15 is 0 Å². The van der Waals surface area contributed by atoms with E-state index in [-0.39, 0.29) is 23.6 Å². The number of nitrogens with one attached hydrogen (secondary N) is 1. The fraction of sp³-hybridized carbons (Fsp3) is 0.400. The number of aryl methyl sites for hydroxylation is 1. The van der Waals surface area contributed by atoms with Crippen LogP contribution in [0.5, 0.6) is 0 Å². The van der Waals surface area contributed by atoms with Gasteiger partial charge in [-0.15, -0.1) is 0 Å². The van der Waals surface area contributed by atoms with Gasteiger partial charge < -0.3 is 19.5 Å². The van der Waals surface area contributed by atoms with Crippen LogP contribution < -0.4 is 10.9 Å². The number of halogens is 3. The Morgan fingerprint density at radius 3 is 2.60 bits per heavy atom. The molecule has 186 valence electrons. The monoisotopic (exact) mass is 488 g/mol. The number of benzene rings is 1. The molecule has 0 bridgehead atoms. The van der Waals surface area contributed by atoms with Gasteiger partial charge >= 0.3 is 0 Å². The molecule has 1 aliphatic rings. The van der Waals surface area contributed by atoms with E-state index in [2.05, 4.69) is 10.3 Å². The number of hydrogen-bond donors (Lipinski definition) is 1. The third-order valence-corrected chi connectivity index (χ3v) is 6.82. The molecule has 0 radical (unpaired) electrons. The van der Waals surface area contributed by atoms with Crippen molar-refractivity contribution in [2.45, 2.75) is 38.3 Å². The van der Waals surface area contributed by atoms with Crippen LogP contribution in [0.2, 0.25) is 0 Å². The number of pyridine rings is 2. The second-order valence-electron chi connectivity index (χ2n) is 8.82. The molecule has 1 fully saturated rings. The maximum absolute atomic E-state index is 14.7. The minimum absolute atomic E-state index is 0.0768. The van der Waals surface area contributed by atoms with Crippen LogP contribution in [0, 0.1) is 5.82 Å².